The molecule has 2 rings (SSSR count). The van der Waals surface area contributed by atoms with E-state index in [1.807, 2.05) is 12.1 Å². The van der Waals surface area contributed by atoms with Crippen LogP contribution in [0.5, 0.6) is 17.2 Å². The molecule has 0 atom stereocenters. The van der Waals surface area contributed by atoms with Crippen LogP contribution in [0.3, 0.4) is 0 Å². The molecule has 0 heterocycles. The average molecular weight is 350 g/mol. The second-order valence-electron chi connectivity index (χ2n) is 5.17. The normalized spacial score (nSPS) is 10.2. The Morgan fingerprint density at radius 3 is 2.33 bits per heavy atom. The van der Waals surface area contributed by atoms with E-state index in [2.05, 4.69) is 0 Å². The topological polar surface area (TPSA) is 48.0 Å². The second kappa shape index (κ2) is 8.45. The van der Waals surface area contributed by atoms with E-state index in [1.165, 1.54) is 0 Å². The van der Waals surface area contributed by atoms with Gasteiger partial charge in [-0.15, -0.1) is 0 Å². The molecule has 5 nitrogen and oxygen atoms in total. The molecule has 6 heteroatoms. The number of carbonyl (C=O) groups is 1. The van der Waals surface area contributed by atoms with Crippen LogP contribution in [0.4, 0.5) is 0 Å². The minimum Gasteiger partial charge on any atom is -0.497 e. The highest BCUT2D eigenvalue weighted by Gasteiger charge is 2.13. The quantitative estimate of drug-likeness (QED) is 0.768. The van der Waals surface area contributed by atoms with Crippen LogP contribution in [0.25, 0.3) is 0 Å². The summed E-state index contributed by atoms with van der Waals surface area (Å²) in [5.74, 6) is 1.84. The first-order chi connectivity index (χ1) is 11.5. The van der Waals surface area contributed by atoms with E-state index in [0.29, 0.717) is 28.8 Å². The molecule has 0 aromatic heterocycles. The molecule has 0 unspecified atom stereocenters. The first-order valence-corrected chi connectivity index (χ1v) is 7.74. The Labute approximate surface area is 146 Å². The number of hydrogen-bond donors (Lipinski definition) is 0. The number of hydrogen-bond acceptors (Lipinski definition) is 4. The van der Waals surface area contributed by atoms with E-state index in [4.69, 9.17) is 25.8 Å². The Bertz CT molecular complexity index is 688. The number of benzene rings is 2. The summed E-state index contributed by atoms with van der Waals surface area (Å²) in [7, 11) is 4.90. The predicted molar refractivity (Wildman–Crippen MR) is 93.0 cm³/mol. The van der Waals surface area contributed by atoms with Gasteiger partial charge in [0.05, 0.1) is 14.2 Å². The lowest BCUT2D eigenvalue weighted by atomic mass is 10.2. The standard InChI is InChI=1S/C18H20ClNO4/c1-20(11-13-4-7-16(22-2)10-17(13)23-3)18(21)12-24-15-8-5-14(19)6-9-15/h4-10H,11-12H2,1-3H3. The summed E-state index contributed by atoms with van der Waals surface area (Å²) in [4.78, 5) is 13.8. The van der Waals surface area contributed by atoms with Gasteiger partial charge in [0, 0.05) is 30.2 Å². The Kier molecular flexibility index (Phi) is 6.32. The van der Waals surface area contributed by atoms with Gasteiger partial charge >= 0.3 is 0 Å². The molecule has 0 N–H and O–H groups in total. The Hall–Kier alpha value is -2.40. The number of nitrogens with zero attached hydrogens (tertiary/aromatic N) is 1. The van der Waals surface area contributed by atoms with Gasteiger partial charge in [-0.05, 0) is 36.4 Å². The summed E-state index contributed by atoms with van der Waals surface area (Å²) in [6, 6.07) is 12.4. The van der Waals surface area contributed by atoms with E-state index in [1.54, 1.807) is 56.5 Å². The molecule has 0 spiro atoms. The van der Waals surface area contributed by atoms with Crippen LogP contribution in [-0.2, 0) is 11.3 Å². The summed E-state index contributed by atoms with van der Waals surface area (Å²) >= 11 is 5.81. The van der Waals surface area contributed by atoms with Crippen molar-refractivity contribution in [1.29, 1.82) is 0 Å². The molecular weight excluding hydrogens is 330 g/mol. The van der Waals surface area contributed by atoms with Gasteiger partial charge in [0.25, 0.3) is 5.91 Å². The minimum absolute atomic E-state index is 0.0450. The molecule has 0 fully saturated rings. The highest BCUT2D eigenvalue weighted by molar-refractivity contribution is 6.30. The van der Waals surface area contributed by atoms with Gasteiger partial charge in [0.2, 0.25) is 0 Å². The molecule has 0 aliphatic heterocycles. The highest BCUT2D eigenvalue weighted by atomic mass is 35.5. The molecule has 0 aliphatic carbocycles. The molecule has 128 valence electrons. The number of likely N-dealkylation sites (N-methyl/N-ethyl adjacent to an activating group) is 1. The van der Waals surface area contributed by atoms with Gasteiger partial charge in [-0.2, -0.15) is 0 Å². The van der Waals surface area contributed by atoms with Gasteiger partial charge in [0.15, 0.2) is 6.61 Å². The van der Waals surface area contributed by atoms with Gasteiger partial charge in [-0.1, -0.05) is 11.6 Å². The second-order valence-corrected chi connectivity index (χ2v) is 5.61. The Morgan fingerprint density at radius 1 is 1.04 bits per heavy atom. The lowest BCUT2D eigenvalue weighted by molar-refractivity contribution is -0.132. The summed E-state index contributed by atoms with van der Waals surface area (Å²) in [5.41, 5.74) is 0.889. The van der Waals surface area contributed by atoms with Crippen molar-refractivity contribution in [2.45, 2.75) is 6.54 Å². The lowest BCUT2D eigenvalue weighted by Crippen LogP contribution is -2.31. The number of methoxy groups -OCH3 is 2. The number of carbonyl (C=O) groups excluding carboxylic acids is 1. The minimum atomic E-state index is -0.136. The third-order valence-electron chi connectivity index (χ3n) is 3.50. The molecule has 0 saturated heterocycles. The zero-order valence-corrected chi connectivity index (χ0v) is 14.7. The molecule has 2 aromatic rings. The van der Waals surface area contributed by atoms with E-state index in [-0.39, 0.29) is 12.5 Å². The SMILES string of the molecule is COc1ccc(CN(C)C(=O)COc2ccc(Cl)cc2)c(OC)c1. The van der Waals surface area contributed by atoms with Crippen LogP contribution in [0, 0.1) is 0 Å². The molecule has 0 bridgehead atoms. The third kappa shape index (κ3) is 4.80. The number of halogens is 1. The molecule has 2 aromatic carbocycles. The summed E-state index contributed by atoms with van der Waals surface area (Å²) in [5, 5.41) is 0.623. The predicted octanol–water partition coefficient (Wildman–Crippen LogP) is 3.39. The maximum atomic E-state index is 12.2. The third-order valence-corrected chi connectivity index (χ3v) is 3.76. The van der Waals surface area contributed by atoms with Crippen molar-refractivity contribution in [2.24, 2.45) is 0 Å². The van der Waals surface area contributed by atoms with Crippen LogP contribution in [0.2, 0.25) is 5.02 Å². The van der Waals surface area contributed by atoms with Crippen molar-refractivity contribution in [2.75, 3.05) is 27.9 Å². The van der Waals surface area contributed by atoms with Crippen LogP contribution < -0.4 is 14.2 Å². The molecular formula is C18H20ClNO4. The van der Waals surface area contributed by atoms with Gasteiger partial charge in [-0.3, -0.25) is 4.79 Å². The maximum Gasteiger partial charge on any atom is 0.260 e. The first-order valence-electron chi connectivity index (χ1n) is 7.36. The number of rotatable bonds is 7. The summed E-state index contributed by atoms with van der Waals surface area (Å²) in [6.45, 7) is 0.368. The highest BCUT2D eigenvalue weighted by Crippen LogP contribution is 2.25. The van der Waals surface area contributed by atoms with Gasteiger partial charge in [0.1, 0.15) is 17.2 Å². The van der Waals surface area contributed by atoms with Crippen molar-refractivity contribution >= 4 is 17.5 Å². The van der Waals surface area contributed by atoms with Crippen molar-refractivity contribution in [1.82, 2.24) is 4.90 Å². The van der Waals surface area contributed by atoms with Crippen LogP contribution >= 0.6 is 11.6 Å². The van der Waals surface area contributed by atoms with Crippen molar-refractivity contribution in [3.8, 4) is 17.2 Å². The van der Waals surface area contributed by atoms with E-state index >= 15 is 0 Å². The molecule has 0 radical (unpaired) electrons. The van der Waals surface area contributed by atoms with Crippen LogP contribution in [-0.4, -0.2) is 38.7 Å². The van der Waals surface area contributed by atoms with Crippen molar-refractivity contribution in [3.05, 3.63) is 53.1 Å². The fourth-order valence-corrected chi connectivity index (χ4v) is 2.24. The summed E-state index contributed by atoms with van der Waals surface area (Å²) in [6.07, 6.45) is 0. The molecule has 0 aliphatic rings. The van der Waals surface area contributed by atoms with Crippen LogP contribution in [0.15, 0.2) is 42.5 Å². The maximum absolute atomic E-state index is 12.2. The van der Waals surface area contributed by atoms with Crippen molar-refractivity contribution < 1.29 is 19.0 Å². The number of ether oxygens (including phenoxy) is 3. The van der Waals surface area contributed by atoms with E-state index in [9.17, 15) is 4.79 Å². The van der Waals surface area contributed by atoms with Crippen molar-refractivity contribution in [3.63, 3.8) is 0 Å². The van der Waals surface area contributed by atoms with E-state index in [0.717, 1.165) is 5.56 Å². The smallest absolute Gasteiger partial charge is 0.260 e. The van der Waals surface area contributed by atoms with E-state index < -0.39 is 0 Å². The van der Waals surface area contributed by atoms with Crippen LogP contribution in [0.1, 0.15) is 5.56 Å². The first kappa shape index (κ1) is 17.9. The zero-order chi connectivity index (χ0) is 17.5. The average Bonchev–Trinajstić information content (AvgIpc) is 2.61. The molecule has 24 heavy (non-hydrogen) atoms. The van der Waals surface area contributed by atoms with Gasteiger partial charge in [-0.25, -0.2) is 0 Å². The zero-order valence-electron chi connectivity index (χ0n) is 13.9. The summed E-state index contributed by atoms with van der Waals surface area (Å²) < 4.78 is 16.0. The molecule has 0 saturated carbocycles. The number of amides is 1. The Morgan fingerprint density at radius 2 is 1.71 bits per heavy atom. The fraction of sp³-hybridized carbons (Fsp3) is 0.278. The Balaban J connectivity index is 1.94. The largest absolute Gasteiger partial charge is 0.497 e. The molecule has 1 amide bonds. The fourth-order valence-electron chi connectivity index (χ4n) is 2.11. The lowest BCUT2D eigenvalue weighted by Gasteiger charge is -2.19. The monoisotopic (exact) mass is 349 g/mol. The van der Waals surface area contributed by atoms with Gasteiger partial charge < -0.3 is 19.1 Å².